The molecule has 0 bridgehead atoms. The van der Waals surface area contributed by atoms with Gasteiger partial charge in [0.1, 0.15) is 90.3 Å². The van der Waals surface area contributed by atoms with Gasteiger partial charge in [-0.05, 0) is 94.0 Å². The SMILES string of the molecule is CC(C)[C@H](NC(=O)[C@H](CCC(=O)O)NC(=O)[C@H](Cc1ccc(O)cc1)NC(=O)CNC(=O)[C@H](CO)NC(=O)[C@H](CC(=O)O)NC(=O)[C@H](Cc1c[nH]cn1)NC(=O)[C@H](CCCNC(=N)N)NC(=O)[C@H](Cc1ccccc1)NC(=O)[C@H](CCC(=O)O)NC(=O)[C@H](C)NC(=O)[C@@H](N)CC(=O)O)C(=O)N[C@@H](Cc1c[nH]cn1)C(=O)N[C@@H](Cc1c[nH]cn1)C(=O)N[C@@H](CCC(N)=O)C(=O)N[C@@H](CCCCN)C(=O)O.O=C(O)C(F)(F)F. The topological polar surface area (TPSA) is 944 Å². The van der Waals surface area contributed by atoms with E-state index >= 15 is 0 Å². The monoisotopic (exact) mass is 2070 g/mol. The number of benzene rings is 2. The Balaban J connectivity index is 0.00000610. The van der Waals surface area contributed by atoms with Gasteiger partial charge in [0.05, 0.1) is 68.1 Å². The van der Waals surface area contributed by atoms with Crippen LogP contribution in [0.1, 0.15) is 132 Å². The van der Waals surface area contributed by atoms with Gasteiger partial charge in [-0.15, -0.1) is 0 Å². The summed E-state index contributed by atoms with van der Waals surface area (Å²) in [6, 6.07) is -13.4. The number of aliphatic hydroxyl groups is 1. The molecule has 0 saturated carbocycles. The van der Waals surface area contributed by atoms with Crippen LogP contribution >= 0.6 is 0 Å². The first kappa shape index (κ1) is 121. The van der Waals surface area contributed by atoms with Gasteiger partial charge in [0.25, 0.3) is 0 Å². The number of carbonyl (C=O) groups excluding carboxylic acids is 16. The van der Waals surface area contributed by atoms with Crippen LogP contribution in [-0.2, 0) is 138 Å². The zero-order chi connectivity index (χ0) is 109. The number of primary amides is 1. The van der Waals surface area contributed by atoms with Gasteiger partial charge < -0.3 is 164 Å². The Kier molecular flexibility index (Phi) is 51.4. The molecule has 0 aliphatic rings. The second-order valence-electron chi connectivity index (χ2n) is 33.1. The summed E-state index contributed by atoms with van der Waals surface area (Å²) in [4.78, 5) is 314. The van der Waals surface area contributed by atoms with Crippen molar-refractivity contribution < 1.29 is 160 Å². The number of rotatable bonds is 64. The second kappa shape index (κ2) is 61.8. The number of phenols is 1. The first-order chi connectivity index (χ1) is 68.8. The minimum atomic E-state index is -5.08. The van der Waals surface area contributed by atoms with Crippen LogP contribution in [0.25, 0.3) is 0 Å². The lowest BCUT2D eigenvalue weighted by molar-refractivity contribution is -0.192. The number of aromatic nitrogens is 6. The number of hydrogen-bond donors (Lipinski definition) is 32. The first-order valence-corrected chi connectivity index (χ1v) is 44.9. The highest BCUT2D eigenvalue weighted by molar-refractivity contribution is 6.02. The second-order valence-corrected chi connectivity index (χ2v) is 33.1. The van der Waals surface area contributed by atoms with Gasteiger partial charge in [-0.1, -0.05) is 56.3 Å². The highest BCUT2D eigenvalue weighted by atomic mass is 19.4. The summed E-state index contributed by atoms with van der Waals surface area (Å²) >= 11 is 0. The zero-order valence-corrected chi connectivity index (χ0v) is 78.8. The number of alkyl halides is 3. The van der Waals surface area contributed by atoms with Crippen LogP contribution in [0.5, 0.6) is 5.75 Å². The Morgan fingerprint density at radius 2 is 0.767 bits per heavy atom. The number of phenolic OH excluding ortho intramolecular Hbond substituents is 1. The molecular weight excluding hydrogens is 1950 g/mol. The molecule has 5 aromatic rings. The summed E-state index contributed by atoms with van der Waals surface area (Å²) in [6.07, 6.45) is -5.40. The van der Waals surface area contributed by atoms with Crippen molar-refractivity contribution in [1.82, 2.24) is 115 Å². The van der Waals surface area contributed by atoms with E-state index in [1.807, 2.05) is 0 Å². The predicted octanol–water partition coefficient (Wildman–Crippen LogP) is -8.97. The number of aliphatic hydroxyl groups excluding tert-OH is 1. The number of nitrogens with zero attached hydrogens (tertiary/aromatic N) is 3. The maximum Gasteiger partial charge on any atom is 0.490 e. The predicted molar refractivity (Wildman–Crippen MR) is 495 cm³/mol. The normalized spacial score (nSPS) is 14.1. The molecule has 0 fully saturated rings. The number of aromatic hydroxyl groups is 1. The molecule has 0 saturated heterocycles. The van der Waals surface area contributed by atoms with Crippen LogP contribution in [0.2, 0.25) is 0 Å². The maximum absolute atomic E-state index is 14.7. The van der Waals surface area contributed by atoms with E-state index in [9.17, 15) is 144 Å². The molecular formula is C86H120F3N27O30. The third-order valence-electron chi connectivity index (χ3n) is 21.0. The van der Waals surface area contributed by atoms with Crippen molar-refractivity contribution in [2.45, 2.75) is 233 Å². The van der Waals surface area contributed by atoms with Crippen molar-refractivity contribution in [3.05, 3.63) is 120 Å². The van der Waals surface area contributed by atoms with Crippen LogP contribution < -0.4 is 108 Å². The smallest absolute Gasteiger partial charge is 0.490 e. The van der Waals surface area contributed by atoms with Gasteiger partial charge in [0.2, 0.25) is 94.5 Å². The van der Waals surface area contributed by atoms with Crippen molar-refractivity contribution in [2.24, 2.45) is 28.9 Å². The largest absolute Gasteiger partial charge is 0.508 e. The van der Waals surface area contributed by atoms with Crippen molar-refractivity contribution >= 4 is 136 Å². The number of amides is 16. The fourth-order valence-electron chi connectivity index (χ4n) is 13.4. The summed E-state index contributed by atoms with van der Waals surface area (Å²) in [5.74, 6) is -30.6. The van der Waals surface area contributed by atoms with E-state index in [0.717, 1.165) is 6.92 Å². The van der Waals surface area contributed by atoms with Crippen molar-refractivity contribution in [3.8, 4) is 5.75 Å². The van der Waals surface area contributed by atoms with E-state index in [0.29, 0.717) is 12.0 Å². The lowest BCUT2D eigenvalue weighted by atomic mass is 10.00. The number of imidazole rings is 3. The molecule has 2 aromatic carbocycles. The Bertz CT molecular complexity index is 5280. The van der Waals surface area contributed by atoms with Crippen LogP contribution in [0.3, 0.4) is 0 Å². The molecule has 0 aliphatic carbocycles. The molecule has 0 radical (unpaired) electrons. The average Bonchev–Trinajstić information content (AvgIpc) is 1.26. The Morgan fingerprint density at radius 3 is 1.16 bits per heavy atom. The van der Waals surface area contributed by atoms with E-state index in [-0.39, 0.29) is 73.6 Å². The number of carbonyl (C=O) groups is 22. The average molecular weight is 2070 g/mol. The van der Waals surface area contributed by atoms with Crippen LogP contribution in [0, 0.1) is 11.3 Å². The molecule has 16 amide bonds. The minimum absolute atomic E-state index is 0.0458. The van der Waals surface area contributed by atoms with Crippen LogP contribution in [0.4, 0.5) is 13.2 Å². The van der Waals surface area contributed by atoms with Gasteiger partial charge in [0.15, 0.2) is 5.96 Å². The summed E-state index contributed by atoms with van der Waals surface area (Å²) in [7, 11) is 0. The van der Waals surface area contributed by atoms with Crippen LogP contribution in [0.15, 0.2) is 92.2 Å². The molecule has 3 aromatic heterocycles. The maximum atomic E-state index is 14.7. The molecule has 0 unspecified atom stereocenters. The fraction of sp³-hybridized carbons (Fsp3) is 0.488. The standard InChI is InChI=1S/C84H119N27O28.C2HF3O2/c1-41(2)68(82(137)109-59(30-47-35-92-40-97-47)80(135)107-57(28-45-33-90-38-95-45)78(133)102-51(18-21-62(87)114)73(128)104-54(83(138)139)12-7-8-24-85)111-75(130)53(20-23-65(118)119)103-76(131)55(27-44-14-16-48(113)17-15-44)99-63(115)36-94-71(126)61(37-112)110-81(136)60(32-67(122)123)108-79(134)58(29-46-34-91-39-96-46)106-72(127)50(13-9-25-93-84(88)89)101-77(132)56(26-43-10-5-4-6-11-43)105-74(129)52(19-22-64(116)117)100-69(124)42(3)98-70(125)49(86)31-66(120)121;3-2(4,5)1(6)7/h4-6,10-11,14-17,33-35,38-42,49-61,68,112-113H,7-9,12-13,18-32,36-37,85-86H2,1-3H3,(H2,87,114)(H,90,95)(H,91,96)(H,92,97)(H,94,126)(H,98,125)(H,99,115)(H,100,124)(H,101,132)(H,102,133)(H,103,131)(H,104,128)(H,105,129)(H,106,127)(H,107,135)(H,108,134)(H,109,137)(H,110,136)(H,111,130)(H,116,117)(H,118,119)(H,120,121)(H,122,123)(H,138,139)(H4,88,89,93);(H,6,7)/t42-,49-,50-,51-,52-,53-,54-,55-,56-,57-,58-,59-,60-,61-,68-;/m0./s1. The fourth-order valence-corrected chi connectivity index (χ4v) is 13.4. The quantitative estimate of drug-likeness (QED) is 0.00976. The number of halogens is 3. The van der Waals surface area contributed by atoms with Gasteiger partial charge in [-0.3, -0.25) is 101 Å². The number of carboxylic acids is 6. The zero-order valence-electron chi connectivity index (χ0n) is 78.8. The Hall–Kier alpha value is -16.8. The number of hydrogen-bond acceptors (Lipinski definition) is 30. The molecule has 60 heteroatoms. The summed E-state index contributed by atoms with van der Waals surface area (Å²) in [6.45, 7) is 1.72. The van der Waals surface area contributed by atoms with Gasteiger partial charge in [-0.2, -0.15) is 13.2 Å². The molecule has 57 nitrogen and oxygen atoms in total. The van der Waals surface area contributed by atoms with Gasteiger partial charge in [0, 0.05) is 76.5 Å². The molecule has 3 heterocycles. The molecule has 0 spiro atoms. The number of aromatic amines is 3. The summed E-state index contributed by atoms with van der Waals surface area (Å²) < 4.78 is 31.7. The molecule has 36 N–H and O–H groups in total. The van der Waals surface area contributed by atoms with Gasteiger partial charge >= 0.3 is 42.0 Å². The highest BCUT2D eigenvalue weighted by Gasteiger charge is 2.42. The number of nitrogens with one attached hydrogen (secondary N) is 20. The Labute approximate surface area is 827 Å². The highest BCUT2D eigenvalue weighted by Crippen LogP contribution is 2.18. The summed E-state index contributed by atoms with van der Waals surface area (Å²) in [5.41, 5.74) is 23.1. The number of unbranched alkanes of at least 4 members (excludes halogenated alkanes) is 1. The number of guanidine groups is 1. The van der Waals surface area contributed by atoms with E-state index in [4.69, 9.17) is 43.4 Å². The van der Waals surface area contributed by atoms with Crippen molar-refractivity contribution in [1.29, 1.82) is 5.41 Å². The minimum Gasteiger partial charge on any atom is -0.508 e. The number of H-pyrrole nitrogens is 3. The van der Waals surface area contributed by atoms with Crippen molar-refractivity contribution in [3.63, 3.8) is 0 Å². The van der Waals surface area contributed by atoms with E-state index in [2.05, 4.69) is 115 Å². The molecule has 146 heavy (non-hydrogen) atoms. The number of aliphatic carboxylic acids is 6. The first-order valence-electron chi connectivity index (χ1n) is 44.9. The molecule has 800 valence electrons. The molecule has 15 atom stereocenters. The van der Waals surface area contributed by atoms with E-state index < -0.39 is 329 Å². The third kappa shape index (κ3) is 45.8. The number of nitrogens with two attached hydrogens (primary N) is 4. The summed E-state index contributed by atoms with van der Waals surface area (Å²) in [5, 5.41) is 122. The van der Waals surface area contributed by atoms with Crippen LogP contribution in [-0.4, -0.2) is 330 Å². The third-order valence-corrected chi connectivity index (χ3v) is 21.0. The molecule has 0 aliphatic heterocycles. The van der Waals surface area contributed by atoms with E-state index in [1.165, 1.54) is 75.7 Å². The lowest BCUT2D eigenvalue weighted by Crippen LogP contribution is -2.61. The van der Waals surface area contributed by atoms with E-state index in [1.54, 1.807) is 30.3 Å². The number of carboxylic acid groups (broad SMARTS) is 6. The lowest BCUT2D eigenvalue weighted by Gasteiger charge is -2.29. The Morgan fingerprint density at radius 1 is 0.397 bits per heavy atom. The van der Waals surface area contributed by atoms with Gasteiger partial charge in [-0.25, -0.2) is 24.5 Å². The van der Waals surface area contributed by atoms with Crippen molar-refractivity contribution in [2.75, 3.05) is 26.2 Å². The molecule has 5 rings (SSSR count).